The first-order valence-corrected chi connectivity index (χ1v) is 25.6. The Morgan fingerprint density at radius 1 is 0.500 bits per heavy atom. The minimum absolute atomic E-state index is 0. The number of fused-ring (bicyclic) bond motifs is 2. The van der Waals surface area contributed by atoms with Gasteiger partial charge in [-0.2, -0.15) is 0 Å². The zero-order valence-corrected chi connectivity index (χ0v) is 42.3. The number of halogens is 2. The summed E-state index contributed by atoms with van der Waals surface area (Å²) in [4.78, 5) is 44.2. The van der Waals surface area contributed by atoms with Crippen molar-refractivity contribution in [3.8, 4) is 0 Å². The molecule has 2 heterocycles. The molecule has 0 aliphatic heterocycles. The molecule has 8 rings (SSSR count). The quantitative estimate of drug-likeness (QED) is 0.0322. The van der Waals surface area contributed by atoms with Gasteiger partial charge in [0.1, 0.15) is 33.6 Å². The van der Waals surface area contributed by atoms with Crippen LogP contribution in [0.3, 0.4) is 0 Å². The maximum absolute atomic E-state index is 13.9. The van der Waals surface area contributed by atoms with E-state index >= 15 is 0 Å². The van der Waals surface area contributed by atoms with E-state index in [1.165, 1.54) is 53.0 Å². The van der Waals surface area contributed by atoms with E-state index < -0.39 is 58.0 Å². The van der Waals surface area contributed by atoms with Gasteiger partial charge in [-0.15, -0.1) is 22.7 Å². The second kappa shape index (κ2) is 26.9. The van der Waals surface area contributed by atoms with Crippen molar-refractivity contribution in [2.45, 2.75) is 38.3 Å². The van der Waals surface area contributed by atoms with E-state index in [1.54, 1.807) is 30.3 Å². The first-order valence-electron chi connectivity index (χ1n) is 21.0. The van der Waals surface area contributed by atoms with Crippen molar-refractivity contribution in [3.63, 3.8) is 0 Å². The van der Waals surface area contributed by atoms with E-state index in [0.29, 0.717) is 20.9 Å². The summed E-state index contributed by atoms with van der Waals surface area (Å²) in [5.41, 5.74) is 2.67. The molecule has 0 aliphatic carbocycles. The molecule has 2 atom stereocenters. The Morgan fingerprint density at radius 3 is 1.29 bits per heavy atom. The van der Waals surface area contributed by atoms with Crippen LogP contribution in [0.4, 0.5) is 8.78 Å². The van der Waals surface area contributed by atoms with Crippen LogP contribution in [0.2, 0.25) is 0 Å². The van der Waals surface area contributed by atoms with E-state index in [9.17, 15) is 27.5 Å². The Hall–Kier alpha value is -5.08. The molecule has 0 saturated carbocycles. The van der Waals surface area contributed by atoms with Crippen LogP contribution >= 0.6 is 38.3 Å². The van der Waals surface area contributed by atoms with Gasteiger partial charge in [0.2, 0.25) is 0 Å². The number of esters is 2. The number of rotatable bonds is 20. The van der Waals surface area contributed by atoms with E-state index in [1.807, 2.05) is 109 Å². The molecule has 0 radical (unpaired) electrons. The van der Waals surface area contributed by atoms with Crippen LogP contribution in [0, 0.1) is 19.1 Å². The fourth-order valence-corrected chi connectivity index (χ4v) is 10.1. The summed E-state index contributed by atoms with van der Waals surface area (Å²) in [6.45, 7) is -0.836. The van der Waals surface area contributed by atoms with E-state index in [2.05, 4.69) is 4.52 Å². The number of phosphoric ester groups is 2. The molecule has 8 aromatic rings. The van der Waals surface area contributed by atoms with Gasteiger partial charge in [0.15, 0.2) is 0 Å². The molecule has 0 aliphatic rings. The molecular formula is C51H47F2O12P2PdS2-. The third-order valence-electron chi connectivity index (χ3n) is 9.82. The zero-order chi connectivity index (χ0) is 47.9. The largest absolute Gasteiger partial charge is 0.475 e. The molecule has 2 aromatic heterocycles. The zero-order valence-electron chi connectivity index (χ0n) is 37.3. The Morgan fingerprint density at radius 2 is 0.886 bits per heavy atom. The maximum atomic E-state index is 13.9. The first kappa shape index (κ1) is 55.8. The predicted octanol–water partition coefficient (Wildman–Crippen LogP) is 12.7. The molecule has 6 aromatic carbocycles. The minimum atomic E-state index is -4.74. The molecule has 370 valence electrons. The number of thiophene rings is 2. The smallest absolute Gasteiger partial charge is 0.455 e. The summed E-state index contributed by atoms with van der Waals surface area (Å²) >= 11 is 2.56. The summed E-state index contributed by atoms with van der Waals surface area (Å²) in [5.74, 6) is -2.06. The number of ether oxygens (including phenoxy) is 2. The topological polar surface area (TPSA) is 164 Å². The monoisotopic (exact) mass is 1120 g/mol. The molecule has 2 N–H and O–H groups in total. The number of hydrogen-bond donors (Lipinski definition) is 2. The molecule has 12 nitrogen and oxygen atoms in total. The van der Waals surface area contributed by atoms with Gasteiger partial charge in [0.25, 0.3) is 0 Å². The Bertz CT molecular complexity index is 2910. The predicted molar refractivity (Wildman–Crippen MR) is 263 cm³/mol. The molecule has 0 saturated heterocycles. The summed E-state index contributed by atoms with van der Waals surface area (Å²) in [7, 11) is -8.86. The SMILES string of the molecule is O=C(O[C@@H](COP(=O)(O)O)Cc1cccc(F)c1)c1cc2ccccc2s1.O=C(O[C@@H](COP(=O)(OCc1ccccc1)OCc1ccccc1)Cc1cccc(F)c1)c1cc2ccccc2s1.[CH3-].[Pd]. The number of carbonyl (C=O) groups is 2. The molecule has 0 spiro atoms. The van der Waals surface area contributed by atoms with Crippen LogP contribution in [0.15, 0.2) is 170 Å². The minimum Gasteiger partial charge on any atom is -0.455 e. The van der Waals surface area contributed by atoms with Crippen LogP contribution < -0.4 is 0 Å². The van der Waals surface area contributed by atoms with Crippen LogP contribution in [0.5, 0.6) is 0 Å². The van der Waals surface area contributed by atoms with Crippen LogP contribution in [0.1, 0.15) is 41.6 Å². The van der Waals surface area contributed by atoms with Crippen molar-refractivity contribution in [2.24, 2.45) is 0 Å². The average Bonchev–Trinajstić information content (AvgIpc) is 3.98. The normalized spacial score (nSPS) is 12.2. The molecule has 0 amide bonds. The second-order valence-electron chi connectivity index (χ2n) is 15.1. The van der Waals surface area contributed by atoms with Crippen molar-refractivity contribution in [1.29, 1.82) is 0 Å². The van der Waals surface area contributed by atoms with Gasteiger partial charge in [-0.05, 0) is 81.6 Å². The van der Waals surface area contributed by atoms with Gasteiger partial charge in [0, 0.05) is 42.7 Å². The van der Waals surface area contributed by atoms with Crippen LogP contribution in [0.25, 0.3) is 20.2 Å². The van der Waals surface area contributed by atoms with Gasteiger partial charge in [0.05, 0.1) is 26.4 Å². The van der Waals surface area contributed by atoms with Crippen LogP contribution in [-0.2, 0) is 83.2 Å². The van der Waals surface area contributed by atoms with Crippen molar-refractivity contribution >= 4 is 70.4 Å². The Labute approximate surface area is 425 Å². The number of phosphoric acid groups is 2. The molecule has 0 unspecified atom stereocenters. The van der Waals surface area contributed by atoms with Crippen molar-refractivity contribution in [1.82, 2.24) is 0 Å². The maximum Gasteiger partial charge on any atom is 0.475 e. The fraction of sp³-hybridized carbons (Fsp3) is 0.157. The third kappa shape index (κ3) is 17.6. The summed E-state index contributed by atoms with van der Waals surface area (Å²) in [6, 6.07) is 48.6. The second-order valence-corrected chi connectivity index (χ2v) is 20.1. The van der Waals surface area contributed by atoms with Gasteiger partial charge in [-0.3, -0.25) is 18.1 Å². The Balaban J connectivity index is 0.000000275. The molecule has 70 heavy (non-hydrogen) atoms. The van der Waals surface area contributed by atoms with Gasteiger partial charge < -0.3 is 26.7 Å². The van der Waals surface area contributed by atoms with Crippen LogP contribution in [-0.4, -0.2) is 47.1 Å². The summed E-state index contributed by atoms with van der Waals surface area (Å²) in [6.07, 6.45) is -1.71. The molecular weight excluding hydrogens is 1080 g/mol. The molecule has 0 bridgehead atoms. The Kier molecular flexibility index (Phi) is 21.5. The van der Waals surface area contributed by atoms with Crippen molar-refractivity contribution in [2.75, 3.05) is 13.2 Å². The molecule has 0 fully saturated rings. The van der Waals surface area contributed by atoms with E-state index in [0.717, 1.165) is 31.3 Å². The summed E-state index contributed by atoms with van der Waals surface area (Å²) in [5, 5.41) is 1.82. The van der Waals surface area contributed by atoms with Gasteiger partial charge in [-0.1, -0.05) is 121 Å². The van der Waals surface area contributed by atoms with Crippen molar-refractivity contribution < 1.29 is 85.3 Å². The standard InChI is InChI=1S/C32H28FO6PS.C18H16FO6PS.CH3.Pd/c33-28-16-9-14-26(18-28)19-29(39-32(34)31-20-27-15-7-8-17-30(27)41-31)23-38-40(35,36-21-24-10-3-1-4-11-24)37-22-25-12-5-2-6-13-25;19-14-6-3-4-12(8-14)9-15(11-24-26(21,22)23)25-18(20)17-10-13-5-1-2-7-16(13)27-17;;/h1-18,20,29H,19,21-23H2;1-8,10,15H,9,11H2,(H2,21,22,23);1H3;/q;;-1;/t29-;15-;;/m11../s1. The van der Waals surface area contributed by atoms with Gasteiger partial charge in [-0.25, -0.2) is 27.5 Å². The average molecular weight is 1120 g/mol. The molecule has 19 heteroatoms. The summed E-state index contributed by atoms with van der Waals surface area (Å²) < 4.78 is 86.8. The number of benzene rings is 6. The number of carbonyl (C=O) groups excluding carboxylic acids is 2. The van der Waals surface area contributed by atoms with Crippen molar-refractivity contribution in [3.05, 3.63) is 221 Å². The fourth-order valence-electron chi connectivity index (χ4n) is 6.63. The van der Waals surface area contributed by atoms with E-state index in [-0.39, 0.29) is 60.5 Å². The first-order chi connectivity index (χ1) is 32.8. The number of hydrogen-bond acceptors (Lipinski definition) is 12. The van der Waals surface area contributed by atoms with Gasteiger partial charge >= 0.3 is 27.6 Å². The van der Waals surface area contributed by atoms with E-state index in [4.69, 9.17) is 32.8 Å². The third-order valence-corrected chi connectivity index (χ3v) is 13.9.